The van der Waals surface area contributed by atoms with Crippen LogP contribution in [0.1, 0.15) is 32.6 Å². The van der Waals surface area contributed by atoms with Crippen molar-refractivity contribution in [1.82, 2.24) is 9.80 Å². The van der Waals surface area contributed by atoms with Gasteiger partial charge in [-0.1, -0.05) is 13.3 Å². The molecule has 1 amide bonds. The molecule has 2 atom stereocenters. The molecule has 2 rings (SSSR count). The number of hydrogen-bond acceptors (Lipinski definition) is 3. The summed E-state index contributed by atoms with van der Waals surface area (Å²) in [5.41, 5.74) is 0. The molecule has 2 fully saturated rings. The highest BCUT2D eigenvalue weighted by molar-refractivity contribution is 5.82. The van der Waals surface area contributed by atoms with Crippen LogP contribution in [0.2, 0.25) is 0 Å². The van der Waals surface area contributed by atoms with Crippen LogP contribution in [0.15, 0.2) is 0 Å². The second-order valence-electron chi connectivity index (χ2n) is 4.87. The summed E-state index contributed by atoms with van der Waals surface area (Å²) in [5.74, 6) is 0.234. The third kappa shape index (κ3) is 2.38. The van der Waals surface area contributed by atoms with E-state index in [0.717, 1.165) is 38.9 Å². The Kier molecular flexibility index (Phi) is 3.82. The Labute approximate surface area is 97.2 Å². The summed E-state index contributed by atoms with van der Waals surface area (Å²) in [6.07, 6.45) is 3.79. The van der Waals surface area contributed by atoms with Crippen molar-refractivity contribution in [1.29, 1.82) is 0 Å². The number of piperidine rings is 1. The van der Waals surface area contributed by atoms with Gasteiger partial charge in [-0.25, -0.2) is 0 Å². The second kappa shape index (κ2) is 5.15. The van der Waals surface area contributed by atoms with Crippen molar-refractivity contribution in [3.8, 4) is 0 Å². The van der Waals surface area contributed by atoms with Crippen LogP contribution < -0.4 is 0 Å². The summed E-state index contributed by atoms with van der Waals surface area (Å²) in [6, 6.07) is 0.0732. The zero-order chi connectivity index (χ0) is 11.5. The van der Waals surface area contributed by atoms with Gasteiger partial charge in [0.2, 0.25) is 5.91 Å². The number of nitrogens with zero attached hydrogens (tertiary/aromatic N) is 2. The van der Waals surface area contributed by atoms with Gasteiger partial charge in [-0.05, 0) is 32.4 Å². The van der Waals surface area contributed by atoms with Gasteiger partial charge in [0.05, 0.1) is 12.1 Å². The summed E-state index contributed by atoms with van der Waals surface area (Å²) in [7, 11) is 0. The minimum absolute atomic E-state index is 0.0732. The number of likely N-dealkylation sites (N-methyl/N-ethyl adjacent to an activating group) is 1. The minimum Gasteiger partial charge on any atom is -0.391 e. The number of aliphatic hydroxyl groups excluding tert-OH is 1. The molecule has 0 saturated carbocycles. The first-order valence-electron chi connectivity index (χ1n) is 6.43. The Morgan fingerprint density at radius 1 is 1.31 bits per heavy atom. The Morgan fingerprint density at radius 3 is 2.75 bits per heavy atom. The van der Waals surface area contributed by atoms with Crippen LogP contribution in [0.5, 0.6) is 0 Å². The Bertz CT molecular complexity index is 257. The predicted octanol–water partition coefficient (Wildman–Crippen LogP) is 0.454. The molecule has 0 bridgehead atoms. The van der Waals surface area contributed by atoms with Crippen LogP contribution in [0, 0.1) is 0 Å². The number of hydrogen-bond donors (Lipinski definition) is 1. The topological polar surface area (TPSA) is 43.8 Å². The molecule has 0 aromatic heterocycles. The molecule has 92 valence electrons. The zero-order valence-corrected chi connectivity index (χ0v) is 10.1. The number of carbonyl (C=O) groups excluding carboxylic acids is 1. The van der Waals surface area contributed by atoms with E-state index < -0.39 is 0 Å². The molecule has 0 aromatic carbocycles. The molecule has 1 N–H and O–H groups in total. The summed E-state index contributed by atoms with van der Waals surface area (Å²) in [4.78, 5) is 16.4. The molecule has 2 saturated heterocycles. The maximum atomic E-state index is 12.3. The first-order chi connectivity index (χ1) is 7.72. The summed E-state index contributed by atoms with van der Waals surface area (Å²) < 4.78 is 0. The normalized spacial score (nSPS) is 32.0. The third-order valence-corrected chi connectivity index (χ3v) is 3.78. The number of amides is 1. The number of carbonyl (C=O) groups is 1. The molecule has 1 unspecified atom stereocenters. The van der Waals surface area contributed by atoms with Crippen molar-refractivity contribution in [3.05, 3.63) is 0 Å². The monoisotopic (exact) mass is 226 g/mol. The van der Waals surface area contributed by atoms with Crippen LogP contribution in [0.25, 0.3) is 0 Å². The lowest BCUT2D eigenvalue weighted by molar-refractivity contribution is -0.137. The van der Waals surface area contributed by atoms with E-state index in [1.807, 2.05) is 4.90 Å². The fourth-order valence-corrected chi connectivity index (χ4v) is 2.80. The molecular formula is C12H22N2O2. The molecule has 2 aliphatic heterocycles. The molecule has 0 aliphatic carbocycles. The smallest absolute Gasteiger partial charge is 0.240 e. The van der Waals surface area contributed by atoms with Crippen molar-refractivity contribution < 1.29 is 9.90 Å². The Hall–Kier alpha value is -0.610. The van der Waals surface area contributed by atoms with Gasteiger partial charge in [0.15, 0.2) is 0 Å². The lowest BCUT2D eigenvalue weighted by Crippen LogP contribution is -2.50. The predicted molar refractivity (Wildman–Crippen MR) is 62.1 cm³/mol. The Morgan fingerprint density at radius 2 is 2.12 bits per heavy atom. The van der Waals surface area contributed by atoms with Gasteiger partial charge in [0.1, 0.15) is 0 Å². The van der Waals surface area contributed by atoms with E-state index in [9.17, 15) is 9.90 Å². The quantitative estimate of drug-likeness (QED) is 0.743. The highest BCUT2D eigenvalue weighted by Gasteiger charge is 2.33. The molecule has 0 radical (unpaired) electrons. The fraction of sp³-hybridized carbons (Fsp3) is 0.917. The molecule has 2 aliphatic rings. The Balaban J connectivity index is 1.96. The second-order valence-corrected chi connectivity index (χ2v) is 4.87. The number of rotatable bonds is 2. The standard InChI is InChI=1S/C12H22N2O2/c1-2-13-7-4-3-5-11(13)12(16)14-8-6-10(15)9-14/h10-11,15H,2-9H2,1H3/t10-,11?/m1/s1. The van der Waals surface area contributed by atoms with Gasteiger partial charge in [0.25, 0.3) is 0 Å². The highest BCUT2D eigenvalue weighted by Crippen LogP contribution is 2.20. The van der Waals surface area contributed by atoms with Crippen molar-refractivity contribution in [2.45, 2.75) is 44.8 Å². The van der Waals surface area contributed by atoms with Crippen molar-refractivity contribution in [2.75, 3.05) is 26.2 Å². The average Bonchev–Trinajstić information content (AvgIpc) is 2.75. The van der Waals surface area contributed by atoms with Gasteiger partial charge >= 0.3 is 0 Å². The first kappa shape index (κ1) is 11.9. The van der Waals surface area contributed by atoms with Gasteiger partial charge < -0.3 is 10.0 Å². The van der Waals surface area contributed by atoms with Gasteiger partial charge in [0, 0.05) is 13.1 Å². The summed E-state index contributed by atoms with van der Waals surface area (Å²) in [6.45, 7) is 5.38. The molecule has 4 heteroatoms. The van der Waals surface area contributed by atoms with Crippen LogP contribution in [0.3, 0.4) is 0 Å². The highest BCUT2D eigenvalue weighted by atomic mass is 16.3. The van der Waals surface area contributed by atoms with Gasteiger partial charge in [-0.15, -0.1) is 0 Å². The van der Waals surface area contributed by atoms with Gasteiger partial charge in [-0.2, -0.15) is 0 Å². The van der Waals surface area contributed by atoms with Crippen LogP contribution in [-0.2, 0) is 4.79 Å². The first-order valence-corrected chi connectivity index (χ1v) is 6.43. The third-order valence-electron chi connectivity index (χ3n) is 3.78. The number of aliphatic hydroxyl groups is 1. The van der Waals surface area contributed by atoms with Crippen LogP contribution in [0.4, 0.5) is 0 Å². The van der Waals surface area contributed by atoms with E-state index in [-0.39, 0.29) is 18.1 Å². The average molecular weight is 226 g/mol. The van der Waals surface area contributed by atoms with E-state index in [1.165, 1.54) is 6.42 Å². The van der Waals surface area contributed by atoms with E-state index in [1.54, 1.807) is 0 Å². The maximum absolute atomic E-state index is 12.3. The zero-order valence-electron chi connectivity index (χ0n) is 10.1. The summed E-state index contributed by atoms with van der Waals surface area (Å²) >= 11 is 0. The van der Waals surface area contributed by atoms with E-state index in [0.29, 0.717) is 6.54 Å². The fourth-order valence-electron chi connectivity index (χ4n) is 2.80. The molecule has 0 spiro atoms. The van der Waals surface area contributed by atoms with Crippen LogP contribution >= 0.6 is 0 Å². The van der Waals surface area contributed by atoms with E-state index >= 15 is 0 Å². The van der Waals surface area contributed by atoms with Crippen molar-refractivity contribution >= 4 is 5.91 Å². The lowest BCUT2D eigenvalue weighted by atomic mass is 10.0. The largest absolute Gasteiger partial charge is 0.391 e. The molecule has 0 aromatic rings. The molecule has 4 nitrogen and oxygen atoms in total. The molecule has 2 heterocycles. The number of β-amino-alcohol motifs (C(OH)–C–C–N with tert-alkyl or cyclic N) is 1. The van der Waals surface area contributed by atoms with Gasteiger partial charge in [-0.3, -0.25) is 9.69 Å². The maximum Gasteiger partial charge on any atom is 0.240 e. The SMILES string of the molecule is CCN1CCCCC1C(=O)N1CC[C@@H](O)C1. The van der Waals surface area contributed by atoms with Crippen molar-refractivity contribution in [2.24, 2.45) is 0 Å². The lowest BCUT2D eigenvalue weighted by Gasteiger charge is -2.35. The van der Waals surface area contributed by atoms with E-state index in [4.69, 9.17) is 0 Å². The van der Waals surface area contributed by atoms with E-state index in [2.05, 4.69) is 11.8 Å². The summed E-state index contributed by atoms with van der Waals surface area (Å²) in [5, 5.41) is 9.46. The molecular weight excluding hydrogens is 204 g/mol. The van der Waals surface area contributed by atoms with Crippen molar-refractivity contribution in [3.63, 3.8) is 0 Å². The van der Waals surface area contributed by atoms with Crippen LogP contribution in [-0.4, -0.2) is 59.1 Å². The number of likely N-dealkylation sites (tertiary alicyclic amines) is 2. The minimum atomic E-state index is -0.303. The molecule has 16 heavy (non-hydrogen) atoms.